The molecule has 2 aromatic rings. The number of nitro benzene ring substituents is 1. The molecule has 0 unspecified atom stereocenters. The molecule has 0 saturated carbocycles. The summed E-state index contributed by atoms with van der Waals surface area (Å²) in [5.74, 6) is 5.88. The smallest absolute Gasteiger partial charge is 0.269 e. The van der Waals surface area contributed by atoms with Gasteiger partial charge in [-0.15, -0.1) is 11.8 Å². The zero-order chi connectivity index (χ0) is 14.5. The van der Waals surface area contributed by atoms with E-state index in [1.165, 1.54) is 23.9 Å². The van der Waals surface area contributed by atoms with E-state index in [2.05, 4.69) is 10.4 Å². The number of nitrogens with one attached hydrogen (secondary N) is 1. The molecule has 0 aliphatic carbocycles. The second kappa shape index (κ2) is 6.56. The van der Waals surface area contributed by atoms with Crippen LogP contribution in [0.1, 0.15) is 5.56 Å². The number of aromatic nitrogens is 1. The number of rotatable bonds is 5. The van der Waals surface area contributed by atoms with E-state index >= 15 is 0 Å². The first-order chi connectivity index (χ1) is 9.61. The van der Waals surface area contributed by atoms with E-state index < -0.39 is 4.92 Å². The first kappa shape index (κ1) is 14.6. The monoisotopic (exact) mass is 310 g/mol. The van der Waals surface area contributed by atoms with Crippen molar-refractivity contribution in [2.75, 3.05) is 5.43 Å². The molecule has 0 atom stereocenters. The minimum atomic E-state index is -0.442. The highest BCUT2D eigenvalue weighted by atomic mass is 35.5. The van der Waals surface area contributed by atoms with Crippen LogP contribution in [0.15, 0.2) is 41.6 Å². The zero-order valence-corrected chi connectivity index (χ0v) is 11.8. The Morgan fingerprint density at radius 3 is 2.90 bits per heavy atom. The summed E-state index contributed by atoms with van der Waals surface area (Å²) >= 11 is 7.40. The molecular weight excluding hydrogens is 300 g/mol. The number of hydrogen-bond acceptors (Lipinski definition) is 6. The van der Waals surface area contributed by atoms with E-state index in [4.69, 9.17) is 17.4 Å². The van der Waals surface area contributed by atoms with Crippen molar-refractivity contribution >= 4 is 34.7 Å². The number of thioether (sulfide) groups is 1. The molecular formula is C12H11ClN4O2S. The lowest BCUT2D eigenvalue weighted by Gasteiger charge is -2.08. The second-order valence-electron chi connectivity index (χ2n) is 3.82. The van der Waals surface area contributed by atoms with Crippen LogP contribution in [0.2, 0.25) is 5.02 Å². The molecule has 20 heavy (non-hydrogen) atoms. The lowest BCUT2D eigenvalue weighted by atomic mass is 10.2. The third-order valence-corrected chi connectivity index (χ3v) is 4.02. The number of halogens is 1. The summed E-state index contributed by atoms with van der Waals surface area (Å²) in [6, 6.07) is 7.95. The molecule has 2 rings (SSSR count). The van der Waals surface area contributed by atoms with Gasteiger partial charge in [-0.05, 0) is 23.8 Å². The van der Waals surface area contributed by atoms with E-state index in [1.54, 1.807) is 24.4 Å². The van der Waals surface area contributed by atoms with Gasteiger partial charge in [0, 0.05) is 24.1 Å². The predicted octanol–water partition coefficient (Wildman–Crippen LogP) is 3.22. The Bertz CT molecular complexity index is 639. The number of non-ortho nitro benzene ring substituents is 1. The van der Waals surface area contributed by atoms with Crippen molar-refractivity contribution in [1.29, 1.82) is 0 Å². The summed E-state index contributed by atoms with van der Waals surface area (Å²) in [7, 11) is 0. The van der Waals surface area contributed by atoms with Gasteiger partial charge in [-0.1, -0.05) is 11.6 Å². The Labute approximate surface area is 124 Å². The highest BCUT2D eigenvalue weighted by Crippen LogP contribution is 2.31. The van der Waals surface area contributed by atoms with Crippen LogP contribution in [0.3, 0.4) is 0 Å². The van der Waals surface area contributed by atoms with Crippen molar-refractivity contribution in [3.05, 3.63) is 57.2 Å². The van der Waals surface area contributed by atoms with E-state index in [0.29, 0.717) is 27.1 Å². The Morgan fingerprint density at radius 1 is 1.45 bits per heavy atom. The van der Waals surface area contributed by atoms with Gasteiger partial charge in [0.2, 0.25) is 0 Å². The Balaban J connectivity index is 2.22. The third-order valence-electron chi connectivity index (χ3n) is 2.54. The van der Waals surface area contributed by atoms with Crippen LogP contribution in [-0.4, -0.2) is 9.91 Å². The largest absolute Gasteiger partial charge is 0.324 e. The lowest BCUT2D eigenvalue weighted by molar-refractivity contribution is -0.384. The number of nitrogens with zero attached hydrogens (tertiary/aromatic N) is 2. The number of pyridine rings is 1. The number of nitro groups is 1. The van der Waals surface area contributed by atoms with Crippen LogP contribution in [0.25, 0.3) is 0 Å². The topological polar surface area (TPSA) is 94.1 Å². The third kappa shape index (κ3) is 3.38. The molecule has 0 bridgehead atoms. The van der Waals surface area contributed by atoms with Gasteiger partial charge in [-0.3, -0.25) is 16.0 Å². The summed E-state index contributed by atoms with van der Waals surface area (Å²) in [6.07, 6.45) is 1.64. The molecule has 0 saturated heterocycles. The van der Waals surface area contributed by atoms with Crippen molar-refractivity contribution < 1.29 is 4.92 Å². The zero-order valence-electron chi connectivity index (χ0n) is 10.2. The normalized spacial score (nSPS) is 10.3. The highest BCUT2D eigenvalue weighted by Gasteiger charge is 2.11. The van der Waals surface area contributed by atoms with Crippen molar-refractivity contribution in [2.24, 2.45) is 5.84 Å². The summed E-state index contributed by atoms with van der Waals surface area (Å²) in [5, 5.41) is 12.0. The summed E-state index contributed by atoms with van der Waals surface area (Å²) in [6.45, 7) is 0. The standard InChI is InChI=1S/C12H11ClN4O2S/c13-10-2-1-5-15-12(10)20-7-8-6-9(17(18)19)3-4-11(8)16-14/h1-6,16H,7,14H2. The maximum Gasteiger partial charge on any atom is 0.269 e. The van der Waals surface area contributed by atoms with Crippen LogP contribution >= 0.6 is 23.4 Å². The molecule has 1 aromatic heterocycles. The van der Waals surface area contributed by atoms with E-state index in [1.807, 2.05) is 0 Å². The van der Waals surface area contributed by atoms with Crippen LogP contribution in [-0.2, 0) is 5.75 Å². The van der Waals surface area contributed by atoms with Gasteiger partial charge < -0.3 is 5.43 Å². The molecule has 104 valence electrons. The van der Waals surface area contributed by atoms with E-state index in [0.717, 1.165) is 0 Å². The first-order valence-electron chi connectivity index (χ1n) is 5.59. The quantitative estimate of drug-likeness (QED) is 0.381. The Kier molecular flexibility index (Phi) is 4.78. The highest BCUT2D eigenvalue weighted by molar-refractivity contribution is 7.98. The molecule has 8 heteroatoms. The summed E-state index contributed by atoms with van der Waals surface area (Å²) < 4.78 is 0. The Morgan fingerprint density at radius 2 is 2.25 bits per heavy atom. The van der Waals surface area contributed by atoms with Gasteiger partial charge in [0.1, 0.15) is 5.03 Å². The molecule has 0 aliphatic rings. The number of hydrogen-bond donors (Lipinski definition) is 2. The van der Waals surface area contributed by atoms with Gasteiger partial charge in [0.15, 0.2) is 0 Å². The van der Waals surface area contributed by atoms with E-state index in [9.17, 15) is 10.1 Å². The summed E-state index contributed by atoms with van der Waals surface area (Å²) in [5.41, 5.74) is 3.89. The van der Waals surface area contributed by atoms with E-state index in [-0.39, 0.29) is 5.69 Å². The number of benzene rings is 1. The molecule has 0 radical (unpaired) electrons. The van der Waals surface area contributed by atoms with Crippen molar-refractivity contribution in [3.8, 4) is 0 Å². The molecule has 0 aliphatic heterocycles. The fourth-order valence-electron chi connectivity index (χ4n) is 1.58. The van der Waals surface area contributed by atoms with Gasteiger partial charge in [0.05, 0.1) is 15.6 Å². The van der Waals surface area contributed by atoms with Crippen LogP contribution in [0.5, 0.6) is 0 Å². The SMILES string of the molecule is NNc1ccc([N+](=O)[O-])cc1CSc1ncccc1Cl. The fraction of sp³-hybridized carbons (Fsp3) is 0.0833. The number of anilines is 1. The minimum Gasteiger partial charge on any atom is -0.324 e. The lowest BCUT2D eigenvalue weighted by Crippen LogP contribution is -2.09. The van der Waals surface area contributed by atoms with Crippen molar-refractivity contribution in [1.82, 2.24) is 4.98 Å². The maximum absolute atomic E-state index is 10.8. The number of nitrogen functional groups attached to an aromatic ring is 1. The first-order valence-corrected chi connectivity index (χ1v) is 6.95. The fourth-order valence-corrected chi connectivity index (χ4v) is 2.74. The maximum atomic E-state index is 10.8. The molecule has 0 fully saturated rings. The average molecular weight is 311 g/mol. The second-order valence-corrected chi connectivity index (χ2v) is 5.19. The predicted molar refractivity (Wildman–Crippen MR) is 79.7 cm³/mol. The van der Waals surface area contributed by atoms with Crippen LogP contribution in [0, 0.1) is 10.1 Å². The average Bonchev–Trinajstić information content (AvgIpc) is 2.46. The molecule has 1 aromatic carbocycles. The van der Waals surface area contributed by atoms with Crippen molar-refractivity contribution in [3.63, 3.8) is 0 Å². The van der Waals surface area contributed by atoms with Crippen LogP contribution < -0.4 is 11.3 Å². The van der Waals surface area contributed by atoms with Crippen molar-refractivity contribution in [2.45, 2.75) is 10.8 Å². The number of nitrogens with two attached hydrogens (primary N) is 1. The number of hydrazine groups is 1. The molecule has 0 spiro atoms. The Hall–Kier alpha value is -1.83. The minimum absolute atomic E-state index is 0.0201. The van der Waals surface area contributed by atoms with Gasteiger partial charge in [0.25, 0.3) is 5.69 Å². The van der Waals surface area contributed by atoms with Gasteiger partial charge >= 0.3 is 0 Å². The molecule has 0 amide bonds. The van der Waals surface area contributed by atoms with Gasteiger partial charge in [-0.25, -0.2) is 4.98 Å². The summed E-state index contributed by atoms with van der Waals surface area (Å²) in [4.78, 5) is 14.5. The molecule has 3 N–H and O–H groups in total. The molecule has 6 nitrogen and oxygen atoms in total. The van der Waals surface area contributed by atoms with Gasteiger partial charge in [-0.2, -0.15) is 0 Å². The van der Waals surface area contributed by atoms with Crippen LogP contribution in [0.4, 0.5) is 11.4 Å². The molecule has 1 heterocycles.